The molecule has 0 aliphatic carbocycles. The SMILES string of the molecule is COc1ccc(S(=O)(=O)N(CC(=O)N(Cc2ccc(Br)cc2)[C@H](C)C(=O)NCC(C)C)c2ccc(C)cc2)cc1Br. The van der Waals surface area contributed by atoms with Crippen molar-refractivity contribution < 1.29 is 22.7 Å². The second-order valence-corrected chi connectivity index (χ2v) is 13.7. The van der Waals surface area contributed by atoms with Gasteiger partial charge in [-0.3, -0.25) is 13.9 Å². The lowest BCUT2D eigenvalue weighted by Crippen LogP contribution is -2.51. The summed E-state index contributed by atoms with van der Waals surface area (Å²) in [5.41, 5.74) is 2.07. The molecule has 0 unspecified atom stereocenters. The first-order chi connectivity index (χ1) is 19.3. The van der Waals surface area contributed by atoms with Crippen LogP contribution in [0, 0.1) is 12.8 Å². The van der Waals surface area contributed by atoms with E-state index in [1.54, 1.807) is 37.3 Å². The minimum atomic E-state index is -4.20. The quantitative estimate of drug-likeness (QED) is 0.252. The molecule has 11 heteroatoms. The van der Waals surface area contributed by atoms with Gasteiger partial charge >= 0.3 is 0 Å². The number of rotatable bonds is 12. The number of ether oxygens (including phenoxy) is 1. The standard InChI is InChI=1S/C30H35Br2N3O5S/c1-20(2)17-33-30(37)22(4)34(18-23-8-10-24(31)11-9-23)29(36)19-35(25-12-6-21(3)7-13-25)41(38,39)26-14-15-28(40-5)27(32)16-26/h6-16,20,22H,17-19H2,1-5H3,(H,33,37)/t22-/m1/s1. The minimum Gasteiger partial charge on any atom is -0.496 e. The molecule has 0 saturated carbocycles. The van der Waals surface area contributed by atoms with Gasteiger partial charge in [-0.15, -0.1) is 0 Å². The predicted molar refractivity (Wildman–Crippen MR) is 168 cm³/mol. The molecule has 0 aliphatic rings. The van der Waals surface area contributed by atoms with Gasteiger partial charge in [-0.2, -0.15) is 0 Å². The van der Waals surface area contributed by atoms with Crippen molar-refractivity contribution in [3.63, 3.8) is 0 Å². The van der Waals surface area contributed by atoms with Crippen LogP contribution in [0.15, 0.2) is 80.6 Å². The van der Waals surface area contributed by atoms with E-state index in [0.717, 1.165) is 19.9 Å². The first kappa shape index (κ1) is 32.6. The van der Waals surface area contributed by atoms with Crippen molar-refractivity contribution in [2.75, 3.05) is 24.5 Å². The fourth-order valence-corrected chi connectivity index (χ4v) is 6.39. The monoisotopic (exact) mass is 707 g/mol. The molecule has 0 saturated heterocycles. The van der Waals surface area contributed by atoms with Crippen molar-refractivity contribution >= 4 is 59.4 Å². The average molecular weight is 710 g/mol. The van der Waals surface area contributed by atoms with E-state index in [4.69, 9.17) is 4.74 Å². The Bertz CT molecular complexity index is 1460. The average Bonchev–Trinajstić information content (AvgIpc) is 2.94. The molecule has 0 fully saturated rings. The zero-order valence-corrected chi connectivity index (χ0v) is 27.7. The van der Waals surface area contributed by atoms with Crippen LogP contribution in [-0.4, -0.2) is 51.4 Å². The number of hydrogen-bond donors (Lipinski definition) is 1. The highest BCUT2D eigenvalue weighted by atomic mass is 79.9. The van der Waals surface area contributed by atoms with Crippen molar-refractivity contribution in [2.24, 2.45) is 5.92 Å². The van der Waals surface area contributed by atoms with Crippen LogP contribution in [0.1, 0.15) is 31.9 Å². The maximum absolute atomic E-state index is 14.0. The van der Waals surface area contributed by atoms with Crippen LogP contribution in [0.5, 0.6) is 5.75 Å². The maximum Gasteiger partial charge on any atom is 0.264 e. The topological polar surface area (TPSA) is 96.0 Å². The van der Waals surface area contributed by atoms with Crippen LogP contribution in [-0.2, 0) is 26.2 Å². The van der Waals surface area contributed by atoms with Gasteiger partial charge in [-0.25, -0.2) is 8.42 Å². The molecular weight excluding hydrogens is 674 g/mol. The van der Waals surface area contributed by atoms with E-state index >= 15 is 0 Å². The summed E-state index contributed by atoms with van der Waals surface area (Å²) in [5.74, 6) is -0.124. The van der Waals surface area contributed by atoms with Crippen LogP contribution in [0.3, 0.4) is 0 Å². The third-order valence-electron chi connectivity index (χ3n) is 6.43. The van der Waals surface area contributed by atoms with Crippen LogP contribution < -0.4 is 14.4 Å². The van der Waals surface area contributed by atoms with E-state index < -0.39 is 28.5 Å². The van der Waals surface area contributed by atoms with E-state index in [0.29, 0.717) is 22.5 Å². The summed E-state index contributed by atoms with van der Waals surface area (Å²) in [6.07, 6.45) is 0. The van der Waals surface area contributed by atoms with Gasteiger partial charge in [-0.1, -0.05) is 59.6 Å². The number of halogens is 2. The Labute approximate surface area is 259 Å². The Morgan fingerprint density at radius 2 is 1.59 bits per heavy atom. The van der Waals surface area contributed by atoms with E-state index in [1.807, 2.05) is 45.0 Å². The number of carbonyl (C=O) groups is 2. The van der Waals surface area contributed by atoms with Gasteiger partial charge in [0, 0.05) is 17.6 Å². The lowest BCUT2D eigenvalue weighted by atomic mass is 10.1. The van der Waals surface area contributed by atoms with Gasteiger partial charge in [-0.05, 0) is 83.7 Å². The second kappa shape index (κ2) is 14.3. The Morgan fingerprint density at radius 1 is 0.951 bits per heavy atom. The summed E-state index contributed by atoms with van der Waals surface area (Å²) in [4.78, 5) is 28.5. The molecule has 0 heterocycles. The molecule has 0 aromatic heterocycles. The molecule has 3 aromatic carbocycles. The number of nitrogens with one attached hydrogen (secondary N) is 1. The van der Waals surface area contributed by atoms with Crippen LogP contribution in [0.2, 0.25) is 0 Å². The number of hydrogen-bond acceptors (Lipinski definition) is 5. The number of carbonyl (C=O) groups excluding carboxylic acids is 2. The normalized spacial score (nSPS) is 12.1. The van der Waals surface area contributed by atoms with E-state index in [1.165, 1.54) is 24.1 Å². The Kier molecular flexibility index (Phi) is 11.4. The van der Waals surface area contributed by atoms with Gasteiger partial charge in [0.05, 0.1) is 22.2 Å². The van der Waals surface area contributed by atoms with Crippen LogP contribution >= 0.6 is 31.9 Å². The van der Waals surface area contributed by atoms with Crippen molar-refractivity contribution in [3.8, 4) is 5.75 Å². The number of amides is 2. The number of nitrogens with zero attached hydrogens (tertiary/aromatic N) is 2. The second-order valence-electron chi connectivity index (χ2n) is 10.1. The van der Waals surface area contributed by atoms with Gasteiger partial charge < -0.3 is 15.0 Å². The minimum absolute atomic E-state index is 0.0132. The highest BCUT2D eigenvalue weighted by Crippen LogP contribution is 2.31. The van der Waals surface area contributed by atoms with Gasteiger partial charge in [0.2, 0.25) is 11.8 Å². The zero-order valence-electron chi connectivity index (χ0n) is 23.7. The van der Waals surface area contributed by atoms with Gasteiger partial charge in [0.15, 0.2) is 0 Å². The summed E-state index contributed by atoms with van der Waals surface area (Å²) in [5, 5.41) is 2.89. The molecule has 0 spiro atoms. The number of benzene rings is 3. The molecule has 3 aromatic rings. The molecule has 220 valence electrons. The molecule has 3 rings (SSSR count). The Balaban J connectivity index is 2.03. The first-order valence-corrected chi connectivity index (χ1v) is 16.1. The number of anilines is 1. The molecule has 41 heavy (non-hydrogen) atoms. The summed E-state index contributed by atoms with van der Waals surface area (Å²) in [6.45, 7) is 7.59. The smallest absolute Gasteiger partial charge is 0.264 e. The third-order valence-corrected chi connectivity index (χ3v) is 9.35. The van der Waals surface area contributed by atoms with Crippen LogP contribution in [0.4, 0.5) is 5.69 Å². The van der Waals surface area contributed by atoms with Crippen LogP contribution in [0.25, 0.3) is 0 Å². The highest BCUT2D eigenvalue weighted by Gasteiger charge is 2.33. The first-order valence-electron chi connectivity index (χ1n) is 13.1. The van der Waals surface area contributed by atoms with Crippen molar-refractivity contribution in [1.29, 1.82) is 0 Å². The Morgan fingerprint density at radius 3 is 2.15 bits per heavy atom. The molecule has 0 radical (unpaired) electrons. The van der Waals surface area contributed by atoms with E-state index in [2.05, 4.69) is 37.2 Å². The van der Waals surface area contributed by atoms with Crippen molar-refractivity contribution in [3.05, 3.63) is 86.8 Å². The van der Waals surface area contributed by atoms with E-state index in [9.17, 15) is 18.0 Å². The fourth-order valence-electron chi connectivity index (χ4n) is 4.00. The summed E-state index contributed by atoms with van der Waals surface area (Å²) in [7, 11) is -2.71. The van der Waals surface area contributed by atoms with E-state index in [-0.39, 0.29) is 23.3 Å². The largest absolute Gasteiger partial charge is 0.496 e. The summed E-state index contributed by atoms with van der Waals surface area (Å²) in [6, 6.07) is 17.9. The lowest BCUT2D eigenvalue weighted by molar-refractivity contribution is -0.139. The van der Waals surface area contributed by atoms with Crippen molar-refractivity contribution in [1.82, 2.24) is 10.2 Å². The zero-order chi connectivity index (χ0) is 30.3. The molecule has 0 bridgehead atoms. The Hall–Kier alpha value is -2.89. The van der Waals surface area contributed by atoms with Gasteiger partial charge in [0.1, 0.15) is 18.3 Å². The summed E-state index contributed by atoms with van der Waals surface area (Å²) < 4.78 is 35.7. The van der Waals surface area contributed by atoms with Gasteiger partial charge in [0.25, 0.3) is 10.0 Å². The molecule has 0 aliphatic heterocycles. The number of methoxy groups -OCH3 is 1. The van der Waals surface area contributed by atoms with Crippen molar-refractivity contribution in [2.45, 2.75) is 45.2 Å². The third kappa shape index (κ3) is 8.56. The molecule has 1 N–H and O–H groups in total. The number of sulfonamides is 1. The molecule has 1 atom stereocenters. The molecular formula is C30H35Br2N3O5S. The number of aryl methyl sites for hydroxylation is 1. The highest BCUT2D eigenvalue weighted by molar-refractivity contribution is 9.10. The fraction of sp³-hybridized carbons (Fsp3) is 0.333. The summed E-state index contributed by atoms with van der Waals surface area (Å²) >= 11 is 6.78. The molecule has 2 amide bonds. The molecule has 8 nitrogen and oxygen atoms in total. The lowest BCUT2D eigenvalue weighted by Gasteiger charge is -2.32. The maximum atomic E-state index is 14.0. The predicted octanol–water partition coefficient (Wildman–Crippen LogP) is 5.91.